The van der Waals surface area contributed by atoms with Gasteiger partial charge >= 0.3 is 0 Å². The Balaban J connectivity index is 2.26. The molecule has 0 unspecified atom stereocenters. The Kier molecular flexibility index (Phi) is 3.24. The van der Waals surface area contributed by atoms with Crippen molar-refractivity contribution in [3.05, 3.63) is 35.1 Å². The lowest BCUT2D eigenvalue weighted by Gasteiger charge is -2.32. The molecule has 2 rings (SSSR count). The third-order valence-corrected chi connectivity index (χ3v) is 3.55. The Labute approximate surface area is 103 Å². The maximum Gasteiger partial charge on any atom is 0.124 e. The van der Waals surface area contributed by atoms with Crippen molar-refractivity contribution in [1.82, 2.24) is 0 Å². The van der Waals surface area contributed by atoms with Crippen molar-refractivity contribution >= 4 is 0 Å². The highest BCUT2D eigenvalue weighted by atomic mass is 19.1. The molecule has 0 bridgehead atoms. The molecule has 1 fully saturated rings. The molecule has 0 aromatic heterocycles. The summed E-state index contributed by atoms with van der Waals surface area (Å²) in [6.07, 6.45) is 3.62. The second-order valence-corrected chi connectivity index (χ2v) is 5.59. The average molecular weight is 230 g/mol. The molecule has 0 heterocycles. The monoisotopic (exact) mass is 230 g/mol. The maximum absolute atomic E-state index is 13.4. The van der Waals surface area contributed by atoms with Gasteiger partial charge in [0, 0.05) is 11.0 Å². The lowest BCUT2D eigenvalue weighted by Crippen LogP contribution is -2.22. The van der Waals surface area contributed by atoms with Gasteiger partial charge in [-0.05, 0) is 49.4 Å². The third-order valence-electron chi connectivity index (χ3n) is 3.55. The van der Waals surface area contributed by atoms with E-state index in [9.17, 15) is 4.39 Å². The second-order valence-electron chi connectivity index (χ2n) is 5.59. The van der Waals surface area contributed by atoms with Gasteiger partial charge in [0.2, 0.25) is 0 Å². The average Bonchev–Trinajstić information content (AvgIpc) is 2.23. The first-order chi connectivity index (χ1) is 7.98. The Morgan fingerprint density at radius 2 is 1.94 bits per heavy atom. The zero-order valence-corrected chi connectivity index (χ0v) is 10.8. The van der Waals surface area contributed by atoms with Gasteiger partial charge in [0.05, 0.1) is 0 Å². The van der Waals surface area contributed by atoms with E-state index in [4.69, 9.17) is 0 Å². The van der Waals surface area contributed by atoms with Crippen molar-refractivity contribution in [1.29, 1.82) is 0 Å². The fourth-order valence-electron chi connectivity index (χ4n) is 2.07. The minimum Gasteiger partial charge on any atom is -0.207 e. The molecule has 0 spiro atoms. The van der Waals surface area contributed by atoms with Gasteiger partial charge in [-0.25, -0.2) is 4.39 Å². The summed E-state index contributed by atoms with van der Waals surface area (Å²) < 4.78 is 13.4. The van der Waals surface area contributed by atoms with Gasteiger partial charge in [-0.1, -0.05) is 32.1 Å². The van der Waals surface area contributed by atoms with Crippen LogP contribution in [-0.2, 0) is 0 Å². The Morgan fingerprint density at radius 3 is 2.47 bits per heavy atom. The molecule has 1 aromatic rings. The molecular formula is C16H19F. The molecule has 1 aromatic carbocycles. The van der Waals surface area contributed by atoms with Gasteiger partial charge in [-0.2, -0.15) is 0 Å². The summed E-state index contributed by atoms with van der Waals surface area (Å²) in [5.74, 6) is 6.58. The predicted molar refractivity (Wildman–Crippen MR) is 69.3 cm³/mol. The molecule has 0 aliphatic heterocycles. The lowest BCUT2D eigenvalue weighted by molar-refractivity contribution is 0.248. The Bertz CT molecular complexity index is 470. The fraction of sp³-hybridized carbons (Fsp3) is 0.500. The molecule has 0 amide bonds. The quantitative estimate of drug-likeness (QED) is 0.623. The second kappa shape index (κ2) is 4.53. The highest BCUT2D eigenvalue weighted by Crippen LogP contribution is 2.39. The van der Waals surface area contributed by atoms with E-state index >= 15 is 0 Å². The number of rotatable bonds is 1. The van der Waals surface area contributed by atoms with Gasteiger partial charge in [-0.15, -0.1) is 0 Å². The number of halogens is 1. The minimum atomic E-state index is -0.181. The molecule has 1 aliphatic rings. The normalized spacial score (nSPS) is 17.2. The summed E-state index contributed by atoms with van der Waals surface area (Å²) in [7, 11) is 0. The largest absolute Gasteiger partial charge is 0.207 e. The van der Waals surface area contributed by atoms with Crippen LogP contribution < -0.4 is 0 Å². The van der Waals surface area contributed by atoms with Crippen molar-refractivity contribution in [2.24, 2.45) is 5.41 Å². The van der Waals surface area contributed by atoms with Crippen LogP contribution in [0.2, 0.25) is 0 Å². The van der Waals surface area contributed by atoms with Crippen LogP contribution >= 0.6 is 0 Å². The van der Waals surface area contributed by atoms with Crippen LogP contribution in [0.3, 0.4) is 0 Å². The molecule has 1 saturated carbocycles. The van der Waals surface area contributed by atoms with Crippen LogP contribution in [0.5, 0.6) is 0 Å². The van der Waals surface area contributed by atoms with Crippen LogP contribution in [0, 0.1) is 23.1 Å². The van der Waals surface area contributed by atoms with Gasteiger partial charge in [0.1, 0.15) is 5.82 Å². The van der Waals surface area contributed by atoms with E-state index in [1.807, 2.05) is 6.07 Å². The van der Waals surface area contributed by atoms with Gasteiger partial charge in [0.25, 0.3) is 0 Å². The van der Waals surface area contributed by atoms with Crippen molar-refractivity contribution in [3.8, 4) is 11.8 Å². The van der Waals surface area contributed by atoms with Gasteiger partial charge in [0.15, 0.2) is 0 Å². The van der Waals surface area contributed by atoms with Crippen molar-refractivity contribution in [3.63, 3.8) is 0 Å². The van der Waals surface area contributed by atoms with E-state index in [0.29, 0.717) is 5.92 Å². The standard InChI is InChI=1S/C16H19F/c1-12(2)14-9-13(10-15(17)11-14)5-8-16(3)6-4-7-16/h9-12H,4,6-7H2,1-3H3. The Hall–Kier alpha value is -1.29. The first-order valence-electron chi connectivity index (χ1n) is 6.32. The van der Waals surface area contributed by atoms with Crippen molar-refractivity contribution < 1.29 is 4.39 Å². The van der Waals surface area contributed by atoms with Crippen LogP contribution in [0.4, 0.5) is 4.39 Å². The molecule has 1 heteroatoms. The van der Waals surface area contributed by atoms with Crippen LogP contribution in [0.1, 0.15) is 57.1 Å². The van der Waals surface area contributed by atoms with Crippen LogP contribution in [-0.4, -0.2) is 0 Å². The topological polar surface area (TPSA) is 0 Å². The number of benzene rings is 1. The first kappa shape index (κ1) is 12.2. The van der Waals surface area contributed by atoms with Crippen LogP contribution in [0.25, 0.3) is 0 Å². The van der Waals surface area contributed by atoms with E-state index in [1.165, 1.54) is 25.3 Å². The van der Waals surface area contributed by atoms with Gasteiger partial charge < -0.3 is 0 Å². The number of hydrogen-bond donors (Lipinski definition) is 0. The lowest BCUT2D eigenvalue weighted by atomic mass is 9.71. The molecule has 0 N–H and O–H groups in total. The SMILES string of the molecule is CC(C)c1cc(F)cc(C#CC2(C)CCC2)c1. The molecule has 0 atom stereocenters. The Morgan fingerprint density at radius 1 is 1.24 bits per heavy atom. The molecule has 0 nitrogen and oxygen atoms in total. The zero-order chi connectivity index (χ0) is 12.5. The zero-order valence-electron chi connectivity index (χ0n) is 10.8. The molecule has 0 saturated heterocycles. The predicted octanol–water partition coefficient (Wildman–Crippen LogP) is 4.49. The van der Waals surface area contributed by atoms with Crippen LogP contribution in [0.15, 0.2) is 18.2 Å². The highest BCUT2D eigenvalue weighted by Gasteiger charge is 2.29. The fourth-order valence-corrected chi connectivity index (χ4v) is 2.07. The number of hydrogen-bond acceptors (Lipinski definition) is 0. The van der Waals surface area contributed by atoms with E-state index in [2.05, 4.69) is 32.6 Å². The summed E-state index contributed by atoms with van der Waals surface area (Å²) >= 11 is 0. The third kappa shape index (κ3) is 2.88. The summed E-state index contributed by atoms with van der Waals surface area (Å²) in [6, 6.07) is 5.13. The van der Waals surface area contributed by atoms with E-state index in [-0.39, 0.29) is 11.2 Å². The summed E-state index contributed by atoms with van der Waals surface area (Å²) in [5, 5.41) is 0. The molecule has 17 heavy (non-hydrogen) atoms. The first-order valence-corrected chi connectivity index (χ1v) is 6.32. The maximum atomic E-state index is 13.4. The molecular weight excluding hydrogens is 211 g/mol. The summed E-state index contributed by atoms with van der Waals surface area (Å²) in [6.45, 7) is 6.32. The minimum absolute atomic E-state index is 0.171. The van der Waals surface area contributed by atoms with Crippen molar-refractivity contribution in [2.75, 3.05) is 0 Å². The van der Waals surface area contributed by atoms with Gasteiger partial charge in [-0.3, -0.25) is 0 Å². The summed E-state index contributed by atoms with van der Waals surface area (Å²) in [4.78, 5) is 0. The summed E-state index contributed by atoms with van der Waals surface area (Å²) in [5.41, 5.74) is 2.00. The molecule has 0 radical (unpaired) electrons. The van der Waals surface area contributed by atoms with E-state index in [1.54, 1.807) is 6.07 Å². The smallest absolute Gasteiger partial charge is 0.124 e. The highest BCUT2D eigenvalue weighted by molar-refractivity contribution is 5.40. The molecule has 90 valence electrons. The van der Waals surface area contributed by atoms with E-state index < -0.39 is 0 Å². The molecule has 1 aliphatic carbocycles. The van der Waals surface area contributed by atoms with E-state index in [0.717, 1.165) is 11.1 Å². The van der Waals surface area contributed by atoms with Crippen molar-refractivity contribution in [2.45, 2.75) is 46.0 Å².